The first-order chi connectivity index (χ1) is 7.70. The summed E-state index contributed by atoms with van der Waals surface area (Å²) in [4.78, 5) is 2.20. The molecule has 16 heavy (non-hydrogen) atoms. The minimum Gasteiger partial charge on any atom is -0.504 e. The first-order valence-corrected chi connectivity index (χ1v) is 5.62. The van der Waals surface area contributed by atoms with Crippen LogP contribution in [0, 0.1) is 0 Å². The Bertz CT molecular complexity index is 362. The highest BCUT2D eigenvalue weighted by Crippen LogP contribution is 2.31. The van der Waals surface area contributed by atoms with Crippen LogP contribution in [-0.4, -0.2) is 35.7 Å². The van der Waals surface area contributed by atoms with E-state index in [1.165, 1.54) is 0 Å². The third-order valence-corrected chi connectivity index (χ3v) is 2.76. The summed E-state index contributed by atoms with van der Waals surface area (Å²) < 4.78 is 5.34. The molecule has 1 fully saturated rings. The molecule has 0 spiro atoms. The van der Waals surface area contributed by atoms with E-state index in [4.69, 9.17) is 10.5 Å². The Balaban J connectivity index is 2.05. The predicted molar refractivity (Wildman–Crippen MR) is 62.5 cm³/mol. The molecule has 1 aliphatic rings. The fourth-order valence-electron chi connectivity index (χ4n) is 1.95. The average molecular weight is 222 g/mol. The van der Waals surface area contributed by atoms with Gasteiger partial charge in [0.15, 0.2) is 11.5 Å². The number of nitrogens with two attached hydrogens (primary N) is 1. The van der Waals surface area contributed by atoms with Crippen molar-refractivity contribution in [2.75, 3.05) is 19.7 Å². The van der Waals surface area contributed by atoms with Crippen molar-refractivity contribution in [3.05, 3.63) is 23.8 Å². The SMILES string of the molecule is CCOc1cccc(CN2CC(N)C2)c1O. The fourth-order valence-corrected chi connectivity index (χ4v) is 1.95. The molecule has 0 unspecified atom stereocenters. The lowest BCUT2D eigenvalue weighted by Crippen LogP contribution is -2.54. The van der Waals surface area contributed by atoms with Crippen molar-refractivity contribution in [3.8, 4) is 11.5 Å². The molecule has 88 valence electrons. The van der Waals surface area contributed by atoms with Gasteiger partial charge in [-0.15, -0.1) is 0 Å². The molecular weight excluding hydrogens is 204 g/mol. The quantitative estimate of drug-likeness (QED) is 0.796. The van der Waals surface area contributed by atoms with Gasteiger partial charge < -0.3 is 15.6 Å². The molecule has 1 heterocycles. The fraction of sp³-hybridized carbons (Fsp3) is 0.500. The van der Waals surface area contributed by atoms with Crippen molar-refractivity contribution < 1.29 is 9.84 Å². The molecule has 1 aromatic carbocycles. The van der Waals surface area contributed by atoms with Crippen LogP contribution in [0.3, 0.4) is 0 Å². The topological polar surface area (TPSA) is 58.7 Å². The molecule has 0 aliphatic carbocycles. The van der Waals surface area contributed by atoms with Crippen molar-refractivity contribution in [1.29, 1.82) is 0 Å². The van der Waals surface area contributed by atoms with E-state index in [0.717, 1.165) is 25.2 Å². The van der Waals surface area contributed by atoms with Gasteiger partial charge >= 0.3 is 0 Å². The van der Waals surface area contributed by atoms with Gasteiger partial charge in [-0.05, 0) is 13.0 Å². The zero-order chi connectivity index (χ0) is 11.5. The Morgan fingerprint density at radius 2 is 2.25 bits per heavy atom. The Kier molecular flexibility index (Phi) is 3.31. The second-order valence-corrected chi connectivity index (χ2v) is 4.15. The number of hydrogen-bond acceptors (Lipinski definition) is 4. The molecule has 0 atom stereocenters. The molecule has 4 nitrogen and oxygen atoms in total. The molecule has 2 rings (SSSR count). The Labute approximate surface area is 95.6 Å². The van der Waals surface area contributed by atoms with Crippen LogP contribution in [0.15, 0.2) is 18.2 Å². The Hall–Kier alpha value is -1.26. The van der Waals surface area contributed by atoms with E-state index in [1.54, 1.807) is 6.07 Å². The van der Waals surface area contributed by atoms with Gasteiger partial charge in [0.05, 0.1) is 6.61 Å². The number of para-hydroxylation sites is 1. The van der Waals surface area contributed by atoms with Crippen LogP contribution in [0.2, 0.25) is 0 Å². The smallest absolute Gasteiger partial charge is 0.162 e. The van der Waals surface area contributed by atoms with Gasteiger partial charge in [0.25, 0.3) is 0 Å². The molecule has 4 heteroatoms. The van der Waals surface area contributed by atoms with Gasteiger partial charge in [0, 0.05) is 31.2 Å². The predicted octanol–water partition coefficient (Wildman–Crippen LogP) is 0.934. The van der Waals surface area contributed by atoms with Crippen LogP contribution in [0.4, 0.5) is 0 Å². The zero-order valence-electron chi connectivity index (χ0n) is 9.52. The van der Waals surface area contributed by atoms with Crippen molar-refractivity contribution in [2.45, 2.75) is 19.5 Å². The maximum Gasteiger partial charge on any atom is 0.162 e. The van der Waals surface area contributed by atoms with Crippen LogP contribution in [0.25, 0.3) is 0 Å². The summed E-state index contributed by atoms with van der Waals surface area (Å²) in [5.74, 6) is 0.814. The normalized spacial score (nSPS) is 17.1. The number of aromatic hydroxyl groups is 1. The van der Waals surface area contributed by atoms with Gasteiger partial charge in [0.1, 0.15) is 0 Å². The highest BCUT2D eigenvalue weighted by molar-refractivity contribution is 5.45. The molecule has 0 amide bonds. The van der Waals surface area contributed by atoms with E-state index >= 15 is 0 Å². The number of hydrogen-bond donors (Lipinski definition) is 2. The maximum absolute atomic E-state index is 9.97. The zero-order valence-corrected chi connectivity index (χ0v) is 9.52. The summed E-state index contributed by atoms with van der Waals surface area (Å²) >= 11 is 0. The summed E-state index contributed by atoms with van der Waals surface area (Å²) in [7, 11) is 0. The van der Waals surface area contributed by atoms with Crippen molar-refractivity contribution in [1.82, 2.24) is 4.90 Å². The molecule has 0 bridgehead atoms. The van der Waals surface area contributed by atoms with E-state index in [1.807, 2.05) is 19.1 Å². The van der Waals surface area contributed by atoms with E-state index in [-0.39, 0.29) is 11.8 Å². The minimum absolute atomic E-state index is 0.254. The Morgan fingerprint density at radius 1 is 1.50 bits per heavy atom. The van der Waals surface area contributed by atoms with Gasteiger partial charge in [-0.1, -0.05) is 12.1 Å². The lowest BCUT2D eigenvalue weighted by molar-refractivity contribution is 0.140. The average Bonchev–Trinajstić information content (AvgIpc) is 2.22. The minimum atomic E-state index is 0.254. The van der Waals surface area contributed by atoms with Crippen LogP contribution in [-0.2, 0) is 6.54 Å². The van der Waals surface area contributed by atoms with Gasteiger partial charge in [-0.2, -0.15) is 0 Å². The molecule has 1 aromatic rings. The first kappa shape index (κ1) is 11.2. The lowest BCUT2D eigenvalue weighted by atomic mass is 10.1. The monoisotopic (exact) mass is 222 g/mol. The molecule has 0 saturated carbocycles. The number of rotatable bonds is 4. The third kappa shape index (κ3) is 2.28. The highest BCUT2D eigenvalue weighted by atomic mass is 16.5. The summed E-state index contributed by atoms with van der Waals surface area (Å²) in [5, 5.41) is 9.97. The van der Waals surface area contributed by atoms with Crippen LogP contribution >= 0.6 is 0 Å². The molecular formula is C12H18N2O2. The van der Waals surface area contributed by atoms with Gasteiger partial charge in [-0.3, -0.25) is 4.90 Å². The molecule has 0 aromatic heterocycles. The first-order valence-electron chi connectivity index (χ1n) is 5.62. The standard InChI is InChI=1S/C12H18N2O2/c1-2-16-11-5-3-4-9(12(11)15)6-14-7-10(13)8-14/h3-5,10,15H,2,6-8,13H2,1H3. The van der Waals surface area contributed by atoms with Gasteiger partial charge in [-0.25, -0.2) is 0 Å². The molecule has 1 aliphatic heterocycles. The number of nitrogens with zero attached hydrogens (tertiary/aromatic N) is 1. The maximum atomic E-state index is 9.97. The third-order valence-electron chi connectivity index (χ3n) is 2.76. The van der Waals surface area contributed by atoms with Crippen LogP contribution in [0.5, 0.6) is 11.5 Å². The van der Waals surface area contributed by atoms with Crippen molar-refractivity contribution in [2.24, 2.45) is 5.73 Å². The second kappa shape index (κ2) is 4.72. The molecule has 1 saturated heterocycles. The van der Waals surface area contributed by atoms with Crippen LogP contribution < -0.4 is 10.5 Å². The van der Waals surface area contributed by atoms with Crippen LogP contribution in [0.1, 0.15) is 12.5 Å². The number of benzene rings is 1. The number of phenolic OH excluding ortho intramolecular Hbond substituents is 1. The lowest BCUT2D eigenvalue weighted by Gasteiger charge is -2.36. The van der Waals surface area contributed by atoms with Gasteiger partial charge in [0.2, 0.25) is 0 Å². The number of ether oxygens (including phenoxy) is 1. The molecule has 0 radical (unpaired) electrons. The number of phenols is 1. The summed E-state index contributed by atoms with van der Waals surface area (Å²) in [6.07, 6.45) is 0. The van der Waals surface area contributed by atoms with E-state index in [2.05, 4.69) is 4.90 Å². The second-order valence-electron chi connectivity index (χ2n) is 4.15. The van der Waals surface area contributed by atoms with Crippen molar-refractivity contribution >= 4 is 0 Å². The highest BCUT2D eigenvalue weighted by Gasteiger charge is 2.23. The van der Waals surface area contributed by atoms with E-state index in [9.17, 15) is 5.11 Å². The summed E-state index contributed by atoms with van der Waals surface area (Å²) in [6.45, 7) is 5.00. The number of likely N-dealkylation sites (tertiary alicyclic amines) is 1. The summed E-state index contributed by atoms with van der Waals surface area (Å²) in [5.41, 5.74) is 6.61. The Morgan fingerprint density at radius 3 is 2.88 bits per heavy atom. The molecule has 3 N–H and O–H groups in total. The largest absolute Gasteiger partial charge is 0.504 e. The van der Waals surface area contributed by atoms with Crippen molar-refractivity contribution in [3.63, 3.8) is 0 Å². The van der Waals surface area contributed by atoms with E-state index in [0.29, 0.717) is 12.4 Å². The van der Waals surface area contributed by atoms with E-state index < -0.39 is 0 Å². The summed E-state index contributed by atoms with van der Waals surface area (Å²) in [6, 6.07) is 5.89.